The molecule has 0 radical (unpaired) electrons. The van der Waals surface area contributed by atoms with E-state index in [0.717, 1.165) is 31.7 Å². The maximum atomic E-state index is 12.4. The van der Waals surface area contributed by atoms with Gasteiger partial charge in [0.1, 0.15) is 5.75 Å². The number of carbonyl (C=O) groups is 1. The molecule has 21 heavy (non-hydrogen) atoms. The number of hydrogen-bond acceptors (Lipinski definition) is 3. The number of benzene rings is 1. The Morgan fingerprint density at radius 1 is 1.24 bits per heavy atom. The van der Waals surface area contributed by atoms with E-state index < -0.39 is 0 Å². The molecule has 3 rings (SSSR count). The summed E-state index contributed by atoms with van der Waals surface area (Å²) < 4.78 is 5.17. The average Bonchev–Trinajstić information content (AvgIpc) is 3.38. The van der Waals surface area contributed by atoms with E-state index >= 15 is 0 Å². The minimum atomic E-state index is 0.279. The topological polar surface area (TPSA) is 41.6 Å². The van der Waals surface area contributed by atoms with E-state index in [4.69, 9.17) is 4.74 Å². The van der Waals surface area contributed by atoms with E-state index in [9.17, 15) is 4.79 Å². The summed E-state index contributed by atoms with van der Waals surface area (Å²) in [4.78, 5) is 14.5. The second-order valence-electron chi connectivity index (χ2n) is 6.08. The molecule has 114 valence electrons. The van der Waals surface area contributed by atoms with Crippen LogP contribution in [0.3, 0.4) is 0 Å². The molecule has 1 aromatic rings. The third-order valence-corrected chi connectivity index (χ3v) is 4.17. The largest absolute Gasteiger partial charge is 0.497 e. The fourth-order valence-electron chi connectivity index (χ4n) is 2.55. The Balaban J connectivity index is 1.53. The molecule has 2 aliphatic rings. The zero-order chi connectivity index (χ0) is 14.7. The summed E-state index contributed by atoms with van der Waals surface area (Å²) in [6, 6.07) is 9.14. The quantitative estimate of drug-likeness (QED) is 0.798. The van der Waals surface area contributed by atoms with E-state index in [2.05, 4.69) is 10.2 Å². The van der Waals surface area contributed by atoms with Crippen molar-refractivity contribution in [2.24, 2.45) is 0 Å². The van der Waals surface area contributed by atoms with Crippen LogP contribution in [-0.4, -0.2) is 36.5 Å². The summed E-state index contributed by atoms with van der Waals surface area (Å²) in [7, 11) is 1.67. The van der Waals surface area contributed by atoms with Crippen molar-refractivity contribution in [1.82, 2.24) is 10.2 Å². The summed E-state index contributed by atoms with van der Waals surface area (Å²) in [5.74, 6) is 1.14. The second-order valence-corrected chi connectivity index (χ2v) is 6.08. The summed E-state index contributed by atoms with van der Waals surface area (Å²) in [6.45, 7) is 1.53. The summed E-state index contributed by atoms with van der Waals surface area (Å²) >= 11 is 0. The zero-order valence-electron chi connectivity index (χ0n) is 12.7. The van der Waals surface area contributed by atoms with E-state index in [1.165, 1.54) is 18.4 Å². The van der Waals surface area contributed by atoms with Crippen LogP contribution >= 0.6 is 0 Å². The summed E-state index contributed by atoms with van der Waals surface area (Å²) in [5, 5.41) is 3.42. The monoisotopic (exact) mass is 288 g/mol. The molecular formula is C17H24N2O2. The van der Waals surface area contributed by atoms with Gasteiger partial charge in [-0.2, -0.15) is 0 Å². The first kappa shape index (κ1) is 14.4. The number of hydrogen-bond donors (Lipinski definition) is 1. The maximum absolute atomic E-state index is 12.4. The van der Waals surface area contributed by atoms with Gasteiger partial charge in [-0.25, -0.2) is 0 Å². The first-order valence-corrected chi connectivity index (χ1v) is 7.92. The van der Waals surface area contributed by atoms with Crippen molar-refractivity contribution in [3.8, 4) is 5.75 Å². The number of rotatable bonds is 8. The third-order valence-electron chi connectivity index (χ3n) is 4.17. The van der Waals surface area contributed by atoms with Crippen LogP contribution in [0.4, 0.5) is 0 Å². The standard InChI is InChI=1S/C17H24N2O2/c1-21-16-8-2-13(3-9-16)12-19(15-6-7-15)17(20)10-11-18-14-4-5-14/h2-3,8-9,14-15,18H,4-7,10-12H2,1H3. The number of methoxy groups -OCH3 is 1. The van der Waals surface area contributed by atoms with Gasteiger partial charge in [-0.3, -0.25) is 4.79 Å². The predicted molar refractivity (Wildman–Crippen MR) is 82.2 cm³/mol. The van der Waals surface area contributed by atoms with Crippen LogP contribution in [0.5, 0.6) is 5.75 Å². The Labute approximate surface area is 126 Å². The highest BCUT2D eigenvalue weighted by Gasteiger charge is 2.32. The Bertz CT molecular complexity index is 478. The minimum absolute atomic E-state index is 0.279. The number of ether oxygens (including phenoxy) is 1. The molecule has 1 amide bonds. The molecule has 4 nitrogen and oxygen atoms in total. The normalized spacial score (nSPS) is 17.6. The van der Waals surface area contributed by atoms with Gasteiger partial charge in [-0.1, -0.05) is 12.1 Å². The van der Waals surface area contributed by atoms with Crippen LogP contribution in [0.25, 0.3) is 0 Å². The Kier molecular flexibility index (Phi) is 4.44. The lowest BCUT2D eigenvalue weighted by Crippen LogP contribution is -2.34. The molecule has 0 spiro atoms. The molecule has 4 heteroatoms. The molecule has 0 aliphatic heterocycles. The minimum Gasteiger partial charge on any atom is -0.497 e. The molecule has 2 aliphatic carbocycles. The van der Waals surface area contributed by atoms with Crippen molar-refractivity contribution in [2.45, 2.75) is 50.7 Å². The van der Waals surface area contributed by atoms with Gasteiger partial charge >= 0.3 is 0 Å². The lowest BCUT2D eigenvalue weighted by Gasteiger charge is -2.23. The number of amides is 1. The fourth-order valence-corrected chi connectivity index (χ4v) is 2.55. The van der Waals surface area contributed by atoms with Gasteiger partial charge in [0.25, 0.3) is 0 Å². The average molecular weight is 288 g/mol. The summed E-state index contributed by atoms with van der Waals surface area (Å²) in [6.07, 6.45) is 5.46. The molecule has 0 aromatic heterocycles. The zero-order valence-corrected chi connectivity index (χ0v) is 12.7. The summed E-state index contributed by atoms with van der Waals surface area (Å²) in [5.41, 5.74) is 1.17. The van der Waals surface area contributed by atoms with Gasteiger partial charge in [0.05, 0.1) is 7.11 Å². The smallest absolute Gasteiger partial charge is 0.224 e. The lowest BCUT2D eigenvalue weighted by molar-refractivity contribution is -0.132. The number of nitrogens with zero attached hydrogens (tertiary/aromatic N) is 1. The van der Waals surface area contributed by atoms with Crippen molar-refractivity contribution >= 4 is 5.91 Å². The molecule has 1 N–H and O–H groups in total. The van der Waals surface area contributed by atoms with Gasteiger partial charge in [0.2, 0.25) is 5.91 Å². The van der Waals surface area contributed by atoms with Crippen LogP contribution in [0, 0.1) is 0 Å². The van der Waals surface area contributed by atoms with Crippen LogP contribution in [0.1, 0.15) is 37.7 Å². The molecule has 0 atom stereocenters. The van der Waals surface area contributed by atoms with Gasteiger partial charge < -0.3 is 15.0 Å². The van der Waals surface area contributed by atoms with E-state index in [0.29, 0.717) is 18.5 Å². The van der Waals surface area contributed by atoms with Crippen molar-refractivity contribution in [3.63, 3.8) is 0 Å². The molecule has 2 saturated carbocycles. The highest BCUT2D eigenvalue weighted by Crippen LogP contribution is 2.29. The number of nitrogens with one attached hydrogen (secondary N) is 1. The predicted octanol–water partition coefficient (Wildman–Crippen LogP) is 2.33. The second kappa shape index (κ2) is 6.48. The van der Waals surface area contributed by atoms with E-state index in [-0.39, 0.29) is 5.91 Å². The van der Waals surface area contributed by atoms with E-state index in [1.54, 1.807) is 7.11 Å². The highest BCUT2D eigenvalue weighted by atomic mass is 16.5. The van der Waals surface area contributed by atoms with Crippen LogP contribution < -0.4 is 10.1 Å². The van der Waals surface area contributed by atoms with Crippen LogP contribution in [-0.2, 0) is 11.3 Å². The highest BCUT2D eigenvalue weighted by molar-refractivity contribution is 5.77. The Morgan fingerprint density at radius 2 is 1.95 bits per heavy atom. The SMILES string of the molecule is COc1ccc(CN(C(=O)CCNC2CC2)C2CC2)cc1. The first-order valence-electron chi connectivity index (χ1n) is 7.92. The number of carbonyl (C=O) groups excluding carboxylic acids is 1. The first-order chi connectivity index (χ1) is 10.3. The van der Waals surface area contributed by atoms with Crippen LogP contribution in [0.2, 0.25) is 0 Å². The van der Waals surface area contributed by atoms with E-state index in [1.807, 2.05) is 24.3 Å². The van der Waals surface area contributed by atoms with Crippen molar-refractivity contribution in [1.29, 1.82) is 0 Å². The molecule has 0 bridgehead atoms. The Hall–Kier alpha value is -1.55. The van der Waals surface area contributed by atoms with Gasteiger partial charge in [-0.15, -0.1) is 0 Å². The van der Waals surface area contributed by atoms with Gasteiger partial charge in [0.15, 0.2) is 0 Å². The van der Waals surface area contributed by atoms with Crippen molar-refractivity contribution < 1.29 is 9.53 Å². The van der Waals surface area contributed by atoms with Gasteiger partial charge in [0, 0.05) is 31.6 Å². The fraction of sp³-hybridized carbons (Fsp3) is 0.588. The molecular weight excluding hydrogens is 264 g/mol. The Morgan fingerprint density at radius 3 is 2.52 bits per heavy atom. The molecule has 2 fully saturated rings. The van der Waals surface area contributed by atoms with Crippen molar-refractivity contribution in [3.05, 3.63) is 29.8 Å². The third kappa shape index (κ3) is 4.21. The van der Waals surface area contributed by atoms with Gasteiger partial charge in [-0.05, 0) is 43.4 Å². The maximum Gasteiger partial charge on any atom is 0.224 e. The molecule has 1 aromatic carbocycles. The van der Waals surface area contributed by atoms with Crippen LogP contribution in [0.15, 0.2) is 24.3 Å². The lowest BCUT2D eigenvalue weighted by atomic mass is 10.2. The molecule has 0 saturated heterocycles. The van der Waals surface area contributed by atoms with Crippen molar-refractivity contribution in [2.75, 3.05) is 13.7 Å². The molecule has 0 heterocycles. The molecule has 0 unspecified atom stereocenters.